The Bertz CT molecular complexity index is 896. The minimum Gasteiger partial charge on any atom is -0.483 e. The highest BCUT2D eigenvalue weighted by Crippen LogP contribution is 2.31. The van der Waals surface area contributed by atoms with Crippen molar-refractivity contribution in [2.24, 2.45) is 5.92 Å². The number of hydrogen-bond acceptors (Lipinski definition) is 7. The van der Waals surface area contributed by atoms with Gasteiger partial charge in [-0.1, -0.05) is 0 Å². The summed E-state index contributed by atoms with van der Waals surface area (Å²) in [5.41, 5.74) is 0.890. The smallest absolute Gasteiger partial charge is 0.290 e. The molecule has 160 valence electrons. The van der Waals surface area contributed by atoms with Crippen LogP contribution in [0.5, 0.6) is 0 Å². The number of carbonyl (C=O) groups is 1. The van der Waals surface area contributed by atoms with E-state index in [9.17, 15) is 8.42 Å². The summed E-state index contributed by atoms with van der Waals surface area (Å²) < 4.78 is 33.5. The first-order valence-electron chi connectivity index (χ1n) is 8.93. The SMILES string of the molecule is CN(C)c1ccc(-c2nccn2[C@@H]2COC[C@H]2CS(=O)(=O)N(C)C)cn1.O=CO. The largest absolute Gasteiger partial charge is 0.483 e. The second-order valence-corrected chi connectivity index (χ2v) is 9.22. The van der Waals surface area contributed by atoms with Crippen LogP contribution in [0.15, 0.2) is 30.7 Å². The Morgan fingerprint density at radius 1 is 1.24 bits per heavy atom. The number of aromatic nitrogens is 3. The maximum Gasteiger partial charge on any atom is 0.290 e. The van der Waals surface area contributed by atoms with Crippen molar-refractivity contribution in [3.05, 3.63) is 30.7 Å². The molecule has 2 atom stereocenters. The van der Waals surface area contributed by atoms with E-state index in [-0.39, 0.29) is 24.2 Å². The fourth-order valence-corrected chi connectivity index (χ4v) is 4.22. The lowest BCUT2D eigenvalue weighted by molar-refractivity contribution is -0.122. The normalized spacial score (nSPS) is 18.9. The lowest BCUT2D eigenvalue weighted by Gasteiger charge is -2.22. The van der Waals surface area contributed by atoms with Gasteiger partial charge in [0.15, 0.2) is 0 Å². The molecule has 0 spiro atoms. The van der Waals surface area contributed by atoms with Crippen LogP contribution < -0.4 is 4.90 Å². The van der Waals surface area contributed by atoms with E-state index < -0.39 is 10.0 Å². The van der Waals surface area contributed by atoms with Crippen LogP contribution in [0, 0.1) is 5.92 Å². The average Bonchev–Trinajstić information content (AvgIpc) is 3.30. The highest BCUT2D eigenvalue weighted by molar-refractivity contribution is 7.89. The molecule has 2 aromatic heterocycles. The topological polar surface area (TPSA) is 118 Å². The van der Waals surface area contributed by atoms with Crippen LogP contribution in [-0.2, 0) is 19.6 Å². The van der Waals surface area contributed by atoms with Crippen molar-refractivity contribution in [2.45, 2.75) is 6.04 Å². The molecule has 0 saturated carbocycles. The molecule has 29 heavy (non-hydrogen) atoms. The molecule has 1 fully saturated rings. The minimum atomic E-state index is -3.30. The van der Waals surface area contributed by atoms with Gasteiger partial charge in [0.05, 0.1) is 25.0 Å². The van der Waals surface area contributed by atoms with Gasteiger partial charge in [0.25, 0.3) is 6.47 Å². The van der Waals surface area contributed by atoms with E-state index in [1.807, 2.05) is 41.9 Å². The second kappa shape index (κ2) is 9.81. The predicted octanol–water partition coefficient (Wildman–Crippen LogP) is 0.791. The fourth-order valence-electron chi connectivity index (χ4n) is 3.06. The number of ether oxygens (including phenoxy) is 1. The average molecular weight is 426 g/mol. The van der Waals surface area contributed by atoms with Gasteiger partial charge in [-0.05, 0) is 12.1 Å². The molecule has 0 unspecified atom stereocenters. The third-order valence-corrected chi connectivity index (χ3v) is 6.60. The zero-order chi connectivity index (χ0) is 21.6. The summed E-state index contributed by atoms with van der Waals surface area (Å²) >= 11 is 0. The highest BCUT2D eigenvalue weighted by Gasteiger charge is 2.35. The third-order valence-electron chi connectivity index (χ3n) is 4.64. The number of anilines is 1. The molecular weight excluding hydrogens is 398 g/mol. The van der Waals surface area contributed by atoms with Gasteiger partial charge in [0.2, 0.25) is 10.0 Å². The molecule has 11 heteroatoms. The van der Waals surface area contributed by atoms with Gasteiger partial charge >= 0.3 is 0 Å². The van der Waals surface area contributed by atoms with E-state index >= 15 is 0 Å². The van der Waals surface area contributed by atoms with Crippen molar-refractivity contribution in [1.29, 1.82) is 0 Å². The molecule has 0 radical (unpaired) electrons. The molecule has 0 aliphatic carbocycles. The molecule has 1 aliphatic heterocycles. The highest BCUT2D eigenvalue weighted by atomic mass is 32.2. The summed E-state index contributed by atoms with van der Waals surface area (Å²) in [7, 11) is 3.69. The summed E-state index contributed by atoms with van der Waals surface area (Å²) in [6, 6.07) is 3.84. The Balaban J connectivity index is 0.000000941. The summed E-state index contributed by atoms with van der Waals surface area (Å²) in [5.74, 6) is 1.57. The van der Waals surface area contributed by atoms with Crippen molar-refractivity contribution in [2.75, 3.05) is 52.1 Å². The van der Waals surface area contributed by atoms with Gasteiger partial charge in [-0.3, -0.25) is 4.79 Å². The van der Waals surface area contributed by atoms with Gasteiger partial charge in [-0.2, -0.15) is 0 Å². The van der Waals surface area contributed by atoms with Crippen LogP contribution in [-0.4, -0.2) is 86.0 Å². The zero-order valence-electron chi connectivity index (χ0n) is 17.0. The minimum absolute atomic E-state index is 0.0557. The van der Waals surface area contributed by atoms with Gasteiger partial charge in [-0.25, -0.2) is 22.7 Å². The maximum absolute atomic E-state index is 12.3. The maximum atomic E-state index is 12.3. The van der Waals surface area contributed by atoms with Crippen LogP contribution in [0.1, 0.15) is 6.04 Å². The number of imidazole rings is 1. The van der Waals surface area contributed by atoms with Gasteiger partial charge in [-0.15, -0.1) is 0 Å². The van der Waals surface area contributed by atoms with Crippen molar-refractivity contribution in [1.82, 2.24) is 18.8 Å². The van der Waals surface area contributed by atoms with E-state index in [2.05, 4.69) is 9.97 Å². The molecule has 1 N–H and O–H groups in total. The Hall–Kier alpha value is -2.50. The summed E-state index contributed by atoms with van der Waals surface area (Å²) in [4.78, 5) is 19.2. The fraction of sp³-hybridized carbons (Fsp3) is 0.500. The third kappa shape index (κ3) is 5.52. The lowest BCUT2D eigenvalue weighted by atomic mass is 10.1. The van der Waals surface area contributed by atoms with E-state index in [1.165, 1.54) is 4.31 Å². The van der Waals surface area contributed by atoms with Gasteiger partial charge in [0, 0.05) is 58.3 Å². The van der Waals surface area contributed by atoms with E-state index in [1.54, 1.807) is 26.5 Å². The van der Waals surface area contributed by atoms with Crippen LogP contribution in [0.2, 0.25) is 0 Å². The molecule has 3 rings (SSSR count). The van der Waals surface area contributed by atoms with Gasteiger partial charge < -0.3 is 19.3 Å². The van der Waals surface area contributed by atoms with Crippen molar-refractivity contribution in [3.8, 4) is 11.4 Å². The lowest BCUT2D eigenvalue weighted by Crippen LogP contribution is -2.32. The first-order chi connectivity index (χ1) is 13.7. The molecule has 0 amide bonds. The first kappa shape index (κ1) is 22.8. The van der Waals surface area contributed by atoms with E-state index in [4.69, 9.17) is 14.6 Å². The zero-order valence-corrected chi connectivity index (χ0v) is 17.8. The summed E-state index contributed by atoms with van der Waals surface area (Å²) in [5, 5.41) is 6.89. The van der Waals surface area contributed by atoms with Crippen LogP contribution >= 0.6 is 0 Å². The number of hydrogen-bond donors (Lipinski definition) is 1. The van der Waals surface area contributed by atoms with Crippen molar-refractivity contribution < 1.29 is 23.1 Å². The van der Waals surface area contributed by atoms with Crippen molar-refractivity contribution >= 4 is 22.3 Å². The Morgan fingerprint density at radius 3 is 2.48 bits per heavy atom. The number of sulfonamides is 1. The molecule has 0 aromatic carbocycles. The van der Waals surface area contributed by atoms with Crippen LogP contribution in [0.4, 0.5) is 5.82 Å². The monoisotopic (exact) mass is 425 g/mol. The number of nitrogens with zero attached hydrogens (tertiary/aromatic N) is 5. The van der Waals surface area contributed by atoms with Crippen molar-refractivity contribution in [3.63, 3.8) is 0 Å². The molecule has 3 heterocycles. The molecular formula is C18H27N5O5S. The van der Waals surface area contributed by atoms with Gasteiger partial charge in [0.1, 0.15) is 11.6 Å². The number of rotatable bonds is 6. The molecule has 1 saturated heterocycles. The molecule has 10 nitrogen and oxygen atoms in total. The Morgan fingerprint density at radius 2 is 1.93 bits per heavy atom. The molecule has 2 aromatic rings. The second-order valence-electron chi connectivity index (χ2n) is 6.99. The number of carboxylic acid groups (broad SMARTS) is 1. The Labute approximate surface area is 170 Å². The van der Waals surface area contributed by atoms with Crippen LogP contribution in [0.25, 0.3) is 11.4 Å². The summed E-state index contributed by atoms with van der Waals surface area (Å²) in [6.07, 6.45) is 5.39. The van der Waals surface area contributed by atoms with E-state index in [0.717, 1.165) is 17.2 Å². The first-order valence-corrected chi connectivity index (χ1v) is 10.5. The standard InChI is InChI=1S/C17H25N5O3S.CH2O2/c1-20(2)16-6-5-13(9-19-16)17-18-7-8-22(17)15-11-25-10-14(15)12-26(23,24)21(3)4;2-1-3/h5-9,14-15H,10-12H2,1-4H3;1H,(H,2,3)/t14-,15+;/m0./s1. The Kier molecular flexibility index (Phi) is 7.71. The quantitative estimate of drug-likeness (QED) is 0.675. The predicted molar refractivity (Wildman–Crippen MR) is 109 cm³/mol. The molecule has 1 aliphatic rings. The summed E-state index contributed by atoms with van der Waals surface area (Å²) in [6.45, 7) is 0.646. The van der Waals surface area contributed by atoms with E-state index in [0.29, 0.717) is 13.2 Å². The number of pyridine rings is 1. The van der Waals surface area contributed by atoms with Crippen LogP contribution in [0.3, 0.4) is 0 Å². The molecule has 0 bridgehead atoms.